The van der Waals surface area contributed by atoms with E-state index in [9.17, 15) is 4.39 Å². The van der Waals surface area contributed by atoms with Crippen LogP contribution in [0.15, 0.2) is 48.5 Å². The van der Waals surface area contributed by atoms with E-state index in [-0.39, 0.29) is 17.6 Å². The van der Waals surface area contributed by atoms with Crippen molar-refractivity contribution in [3.8, 4) is 11.5 Å². The third-order valence-electron chi connectivity index (χ3n) is 2.81. The zero-order valence-electron chi connectivity index (χ0n) is 10.3. The van der Waals surface area contributed by atoms with Crippen LogP contribution < -0.4 is 10.5 Å². The second-order valence-corrected chi connectivity index (χ2v) is 4.12. The van der Waals surface area contributed by atoms with E-state index in [1.165, 1.54) is 6.07 Å². The Kier molecular flexibility index (Phi) is 3.95. The molecule has 2 N–H and O–H groups in total. The number of rotatable bonds is 4. The molecule has 0 saturated carbocycles. The molecule has 0 heterocycles. The fraction of sp³-hybridized carbons (Fsp3) is 0.200. The summed E-state index contributed by atoms with van der Waals surface area (Å²) in [7, 11) is 0. The predicted octanol–water partition coefficient (Wildman–Crippen LogP) is 4.03. The average Bonchev–Trinajstić information content (AvgIpc) is 2.41. The Bertz CT molecular complexity index is 510. The highest BCUT2D eigenvalue weighted by Crippen LogP contribution is 2.25. The van der Waals surface area contributed by atoms with Crippen LogP contribution in [0.3, 0.4) is 0 Å². The van der Waals surface area contributed by atoms with Gasteiger partial charge in [-0.2, -0.15) is 0 Å². The summed E-state index contributed by atoms with van der Waals surface area (Å²) >= 11 is 0. The van der Waals surface area contributed by atoms with E-state index >= 15 is 0 Å². The van der Waals surface area contributed by atoms with E-state index in [0.717, 1.165) is 12.0 Å². The van der Waals surface area contributed by atoms with E-state index < -0.39 is 0 Å². The molecule has 0 aromatic heterocycles. The normalized spacial score (nSPS) is 12.2. The van der Waals surface area contributed by atoms with Gasteiger partial charge in [0.05, 0.1) is 0 Å². The van der Waals surface area contributed by atoms with E-state index in [0.29, 0.717) is 5.75 Å². The molecule has 0 aliphatic rings. The van der Waals surface area contributed by atoms with Gasteiger partial charge in [-0.1, -0.05) is 31.2 Å². The Balaban J connectivity index is 2.14. The van der Waals surface area contributed by atoms with Gasteiger partial charge in [-0.25, -0.2) is 4.39 Å². The Morgan fingerprint density at radius 1 is 1.11 bits per heavy atom. The second-order valence-electron chi connectivity index (χ2n) is 4.12. The highest BCUT2D eigenvalue weighted by Gasteiger charge is 2.05. The lowest BCUT2D eigenvalue weighted by atomic mass is 10.1. The molecule has 2 aromatic rings. The number of halogens is 1. The molecule has 2 aromatic carbocycles. The summed E-state index contributed by atoms with van der Waals surface area (Å²) in [6.07, 6.45) is 0.882. The molecule has 0 bridgehead atoms. The van der Waals surface area contributed by atoms with Crippen molar-refractivity contribution in [2.24, 2.45) is 5.73 Å². The number of benzene rings is 2. The molecular formula is C15H16FNO. The lowest BCUT2D eigenvalue weighted by Gasteiger charge is -2.11. The van der Waals surface area contributed by atoms with Crippen molar-refractivity contribution in [3.63, 3.8) is 0 Å². The summed E-state index contributed by atoms with van der Waals surface area (Å²) < 4.78 is 18.9. The van der Waals surface area contributed by atoms with Crippen LogP contribution in [-0.2, 0) is 0 Å². The van der Waals surface area contributed by atoms with E-state index in [1.807, 2.05) is 19.1 Å². The first-order valence-corrected chi connectivity index (χ1v) is 5.98. The minimum Gasteiger partial charge on any atom is -0.454 e. The number of para-hydroxylation sites is 1. The SMILES string of the molecule is CCC(N)c1ccc(Oc2ccccc2F)cc1. The molecule has 94 valence electrons. The molecule has 0 amide bonds. The number of nitrogens with two attached hydrogens (primary N) is 1. The fourth-order valence-corrected chi connectivity index (χ4v) is 1.67. The van der Waals surface area contributed by atoms with Gasteiger partial charge >= 0.3 is 0 Å². The molecular weight excluding hydrogens is 229 g/mol. The van der Waals surface area contributed by atoms with Gasteiger partial charge in [-0.3, -0.25) is 0 Å². The maximum Gasteiger partial charge on any atom is 0.165 e. The van der Waals surface area contributed by atoms with Crippen LogP contribution in [-0.4, -0.2) is 0 Å². The van der Waals surface area contributed by atoms with Crippen LogP contribution in [0.4, 0.5) is 4.39 Å². The number of hydrogen-bond acceptors (Lipinski definition) is 2. The van der Waals surface area contributed by atoms with Gasteiger partial charge in [0.1, 0.15) is 5.75 Å². The van der Waals surface area contributed by atoms with Crippen molar-refractivity contribution in [1.82, 2.24) is 0 Å². The van der Waals surface area contributed by atoms with Crippen LogP contribution in [0, 0.1) is 5.82 Å². The third kappa shape index (κ3) is 2.87. The molecule has 0 saturated heterocycles. The second kappa shape index (κ2) is 5.65. The summed E-state index contributed by atoms with van der Waals surface area (Å²) in [4.78, 5) is 0. The smallest absolute Gasteiger partial charge is 0.165 e. The first kappa shape index (κ1) is 12.6. The van der Waals surface area contributed by atoms with Crippen LogP contribution in [0.5, 0.6) is 11.5 Å². The van der Waals surface area contributed by atoms with Crippen molar-refractivity contribution >= 4 is 0 Å². The highest BCUT2D eigenvalue weighted by atomic mass is 19.1. The quantitative estimate of drug-likeness (QED) is 0.882. The van der Waals surface area contributed by atoms with Gasteiger partial charge < -0.3 is 10.5 Å². The first-order chi connectivity index (χ1) is 8.70. The summed E-state index contributed by atoms with van der Waals surface area (Å²) in [5.41, 5.74) is 6.97. The fourth-order valence-electron chi connectivity index (χ4n) is 1.67. The predicted molar refractivity (Wildman–Crippen MR) is 70.1 cm³/mol. The van der Waals surface area contributed by atoms with Crippen molar-refractivity contribution in [2.75, 3.05) is 0 Å². The molecule has 18 heavy (non-hydrogen) atoms. The lowest BCUT2D eigenvalue weighted by Crippen LogP contribution is -2.08. The Morgan fingerprint density at radius 3 is 2.39 bits per heavy atom. The molecule has 0 radical (unpaired) electrons. The molecule has 0 spiro atoms. The van der Waals surface area contributed by atoms with Crippen LogP contribution in [0.25, 0.3) is 0 Å². The maximum atomic E-state index is 13.4. The van der Waals surface area contributed by atoms with Gasteiger partial charge in [0.2, 0.25) is 0 Å². The summed E-state index contributed by atoms with van der Waals surface area (Å²) in [6, 6.07) is 13.8. The average molecular weight is 245 g/mol. The van der Waals surface area contributed by atoms with Crippen LogP contribution in [0.1, 0.15) is 24.9 Å². The standard InChI is InChI=1S/C15H16FNO/c1-2-14(17)11-7-9-12(10-8-11)18-15-6-4-3-5-13(15)16/h3-10,14H,2,17H2,1H3. The minimum absolute atomic E-state index is 0.0347. The van der Waals surface area contributed by atoms with Gasteiger partial charge in [-0.05, 0) is 36.2 Å². The molecule has 0 fully saturated rings. The summed E-state index contributed by atoms with van der Waals surface area (Å²) in [5.74, 6) is 0.462. The van der Waals surface area contributed by atoms with Gasteiger partial charge in [0.15, 0.2) is 11.6 Å². The van der Waals surface area contributed by atoms with Gasteiger partial charge in [0.25, 0.3) is 0 Å². The highest BCUT2D eigenvalue weighted by molar-refractivity contribution is 5.34. The monoisotopic (exact) mass is 245 g/mol. The zero-order valence-corrected chi connectivity index (χ0v) is 10.3. The zero-order chi connectivity index (χ0) is 13.0. The first-order valence-electron chi connectivity index (χ1n) is 5.98. The summed E-state index contributed by atoms with van der Waals surface area (Å²) in [6.45, 7) is 2.04. The van der Waals surface area contributed by atoms with Crippen LogP contribution >= 0.6 is 0 Å². The van der Waals surface area contributed by atoms with Gasteiger partial charge in [0, 0.05) is 6.04 Å². The largest absolute Gasteiger partial charge is 0.454 e. The molecule has 0 aliphatic heterocycles. The Morgan fingerprint density at radius 2 is 1.78 bits per heavy atom. The van der Waals surface area contributed by atoms with Crippen molar-refractivity contribution in [3.05, 3.63) is 59.9 Å². The topological polar surface area (TPSA) is 35.2 Å². The molecule has 3 heteroatoms. The van der Waals surface area contributed by atoms with E-state index in [2.05, 4.69) is 0 Å². The van der Waals surface area contributed by atoms with Crippen molar-refractivity contribution in [1.29, 1.82) is 0 Å². The Labute approximate surface area is 106 Å². The molecule has 2 rings (SSSR count). The van der Waals surface area contributed by atoms with Gasteiger partial charge in [-0.15, -0.1) is 0 Å². The lowest BCUT2D eigenvalue weighted by molar-refractivity contribution is 0.442. The Hall–Kier alpha value is -1.87. The van der Waals surface area contributed by atoms with Crippen molar-refractivity contribution in [2.45, 2.75) is 19.4 Å². The maximum absolute atomic E-state index is 13.4. The van der Waals surface area contributed by atoms with E-state index in [4.69, 9.17) is 10.5 Å². The molecule has 1 unspecified atom stereocenters. The van der Waals surface area contributed by atoms with Crippen molar-refractivity contribution < 1.29 is 9.13 Å². The third-order valence-corrected chi connectivity index (χ3v) is 2.81. The van der Waals surface area contributed by atoms with E-state index in [1.54, 1.807) is 30.3 Å². The minimum atomic E-state index is -0.369. The molecule has 1 atom stereocenters. The number of ether oxygens (including phenoxy) is 1. The molecule has 0 aliphatic carbocycles. The van der Waals surface area contributed by atoms with Crippen LogP contribution in [0.2, 0.25) is 0 Å². The number of hydrogen-bond donors (Lipinski definition) is 1. The summed E-state index contributed by atoms with van der Waals surface area (Å²) in [5, 5.41) is 0. The molecule has 2 nitrogen and oxygen atoms in total.